The number of halogens is 2. The molecule has 0 N–H and O–H groups in total. The maximum absolute atomic E-state index is 4.85. The molecule has 0 unspecified atom stereocenters. The van der Waals surface area contributed by atoms with Crippen molar-refractivity contribution in [1.82, 2.24) is 0 Å². The molecule has 0 saturated carbocycles. The summed E-state index contributed by atoms with van der Waals surface area (Å²) in [6.07, 6.45) is 11.8. The standard InChI is InChI=1S/C44H32P2.C5H10N.C5H6N.2ClH.Ru/c1-5-19-35(20-6-1)45(36-21-7-2-8-22-36)41-31-29-33-17-13-15-27-39(33)43(41)44-40-28-16-14-18-34(40)30-32-42(44)46(37-23-9-3-10-24-37)38-25-11-4-12-26-38;2*1-2-4-6-5-3-1;;;/h1-32H;1-5H2;1-4H,5H2;2*1H;/q;2*-1;;;+4. The summed E-state index contributed by atoms with van der Waals surface area (Å²) in [7, 11) is 6.97. The van der Waals surface area contributed by atoms with E-state index in [2.05, 4.69) is 205 Å². The molecule has 61 heavy (non-hydrogen) atoms. The molecule has 2 heterocycles. The topological polar surface area (TPSA) is 28.2 Å². The van der Waals surface area contributed by atoms with Crippen LogP contribution in [0.25, 0.3) is 43.3 Å². The van der Waals surface area contributed by atoms with Crippen molar-refractivity contribution in [2.75, 3.05) is 19.6 Å². The molecule has 2 aliphatic heterocycles. The normalized spacial score (nSPS) is 13.0. The fourth-order valence-corrected chi connectivity index (χ4v) is 13.5. The van der Waals surface area contributed by atoms with Gasteiger partial charge in [-0.3, -0.25) is 0 Å². The van der Waals surface area contributed by atoms with Crippen LogP contribution in [0.3, 0.4) is 0 Å². The second-order valence-corrected chi connectivity index (χ2v) is 22.1. The zero-order valence-electron chi connectivity index (χ0n) is 34.0. The first-order valence-corrected chi connectivity index (χ1v) is 28.2. The maximum Gasteiger partial charge on any atom is 0.111 e. The molecular formula is C54H50Cl2N2P2Ru+2. The number of fused-ring (bicyclic) bond motifs is 2. The van der Waals surface area contributed by atoms with Crippen molar-refractivity contribution in [3.05, 3.63) is 229 Å². The van der Waals surface area contributed by atoms with Gasteiger partial charge in [-0.25, -0.2) is 0 Å². The van der Waals surface area contributed by atoms with E-state index in [1.54, 1.807) is 6.20 Å². The molecule has 1 saturated heterocycles. The van der Waals surface area contributed by atoms with Gasteiger partial charge < -0.3 is 10.6 Å². The number of piperidine rings is 1. The van der Waals surface area contributed by atoms with Crippen molar-refractivity contribution in [3.8, 4) is 11.1 Å². The smallest absolute Gasteiger partial charge is 0.0620 e. The van der Waals surface area contributed by atoms with Gasteiger partial charge in [0.25, 0.3) is 0 Å². The number of hydrogen-bond acceptors (Lipinski definition) is 0. The molecule has 0 bridgehead atoms. The fourth-order valence-electron chi connectivity index (χ4n) is 7.98. The van der Waals surface area contributed by atoms with Crippen molar-refractivity contribution >= 4 is 88.6 Å². The summed E-state index contributed by atoms with van der Waals surface area (Å²) in [5.41, 5.74) is 2.75. The van der Waals surface area contributed by atoms with Crippen LogP contribution in [0, 0.1) is 0 Å². The molecule has 2 nitrogen and oxygen atoms in total. The SMILES string of the molecule is C1=CC[N-]C=C1.C1CC[N-]CC1.[Cl][Ru+2][Cl].c1ccc([PH+](c2ccccc2)c2ccc3ccccc3c2-c2c([PH+](c3ccccc3)c3ccccc3)ccc3ccccc23)cc1. The van der Waals surface area contributed by atoms with Gasteiger partial charge >= 0.3 is 34.5 Å². The number of nitrogens with zero attached hydrogens (tertiary/aromatic N) is 2. The van der Waals surface area contributed by atoms with Gasteiger partial charge in [-0.1, -0.05) is 165 Å². The van der Waals surface area contributed by atoms with Crippen molar-refractivity contribution in [1.29, 1.82) is 0 Å². The summed E-state index contributed by atoms with van der Waals surface area (Å²) in [5, 5.41) is 21.7. The summed E-state index contributed by atoms with van der Waals surface area (Å²) in [5.74, 6) is 0. The van der Waals surface area contributed by atoms with Gasteiger partial charge in [-0.05, 0) is 82.2 Å². The Morgan fingerprint density at radius 1 is 0.410 bits per heavy atom. The maximum atomic E-state index is 4.85. The van der Waals surface area contributed by atoms with Crippen LogP contribution in [0.2, 0.25) is 0 Å². The van der Waals surface area contributed by atoms with Crippen LogP contribution in [0.1, 0.15) is 19.3 Å². The van der Waals surface area contributed by atoms with Crippen LogP contribution < -0.4 is 31.8 Å². The predicted molar refractivity (Wildman–Crippen MR) is 272 cm³/mol. The minimum atomic E-state index is -1.37. The van der Waals surface area contributed by atoms with E-state index in [4.69, 9.17) is 19.4 Å². The second-order valence-electron chi connectivity index (χ2n) is 14.5. The first-order valence-electron chi connectivity index (χ1n) is 20.8. The van der Waals surface area contributed by atoms with Gasteiger partial charge in [0, 0.05) is 11.1 Å². The van der Waals surface area contributed by atoms with Crippen molar-refractivity contribution in [2.45, 2.75) is 19.3 Å². The van der Waals surface area contributed by atoms with Crippen molar-refractivity contribution in [2.24, 2.45) is 0 Å². The van der Waals surface area contributed by atoms with E-state index in [-0.39, 0.29) is 15.1 Å². The first-order chi connectivity index (χ1) is 30.3. The largest absolute Gasteiger partial charge is 0.111 e. The molecular weight excluding hydrogens is 911 g/mol. The Labute approximate surface area is 380 Å². The molecule has 2 aliphatic rings. The van der Waals surface area contributed by atoms with Crippen molar-refractivity contribution in [3.63, 3.8) is 0 Å². The number of hydrogen-bond donors (Lipinski definition) is 0. The summed E-state index contributed by atoms with van der Waals surface area (Å²) in [4.78, 5) is 0. The van der Waals surface area contributed by atoms with E-state index >= 15 is 0 Å². The third-order valence-corrected chi connectivity index (χ3v) is 16.2. The van der Waals surface area contributed by atoms with Crippen LogP contribution in [-0.2, 0) is 15.1 Å². The summed E-state index contributed by atoms with van der Waals surface area (Å²) >= 11 is -0.346. The molecule has 0 atom stereocenters. The number of allylic oxidation sites excluding steroid dienone is 2. The Balaban J connectivity index is 0.000000317. The molecule has 0 aromatic heterocycles. The first kappa shape index (κ1) is 44.6. The fraction of sp³-hybridized carbons (Fsp3) is 0.111. The van der Waals surface area contributed by atoms with Crippen molar-refractivity contribution < 1.29 is 15.1 Å². The Bertz CT molecular complexity index is 2340. The van der Waals surface area contributed by atoms with E-state index < -0.39 is 15.8 Å². The average Bonchev–Trinajstić information content (AvgIpc) is 3.35. The van der Waals surface area contributed by atoms with Crippen LogP contribution >= 0.6 is 35.2 Å². The molecule has 10 rings (SSSR count). The van der Waals surface area contributed by atoms with Gasteiger partial charge in [0.05, 0.1) is 15.8 Å². The van der Waals surface area contributed by atoms with Crippen LogP contribution in [0.4, 0.5) is 0 Å². The Kier molecular flexibility index (Phi) is 17.8. The average molecular weight is 961 g/mol. The monoisotopic (exact) mass is 960 g/mol. The van der Waals surface area contributed by atoms with Gasteiger partial charge in [0.2, 0.25) is 0 Å². The Morgan fingerprint density at radius 3 is 1.07 bits per heavy atom. The van der Waals surface area contributed by atoms with Gasteiger partial charge in [-0.2, -0.15) is 6.20 Å². The van der Waals surface area contributed by atoms with Crippen LogP contribution in [-0.4, -0.2) is 19.6 Å². The van der Waals surface area contributed by atoms with E-state index in [1.807, 2.05) is 18.2 Å². The molecule has 8 aromatic rings. The van der Waals surface area contributed by atoms with E-state index in [1.165, 1.54) is 83.8 Å². The van der Waals surface area contributed by atoms with Gasteiger partial charge in [0.15, 0.2) is 0 Å². The zero-order chi connectivity index (χ0) is 41.9. The third-order valence-electron chi connectivity index (χ3n) is 10.7. The molecule has 8 aromatic carbocycles. The van der Waals surface area contributed by atoms with Crippen LogP contribution in [0.5, 0.6) is 0 Å². The van der Waals surface area contributed by atoms with E-state index in [9.17, 15) is 0 Å². The summed E-state index contributed by atoms with van der Waals surface area (Å²) in [6.45, 7) is 3.11. The minimum absolute atomic E-state index is 0.346. The van der Waals surface area contributed by atoms with E-state index in [0.29, 0.717) is 0 Å². The van der Waals surface area contributed by atoms with Crippen LogP contribution in [0.15, 0.2) is 219 Å². The summed E-state index contributed by atoms with van der Waals surface area (Å²) in [6, 6.07) is 72.2. The van der Waals surface area contributed by atoms with E-state index in [0.717, 1.165) is 19.6 Å². The Morgan fingerprint density at radius 2 is 0.787 bits per heavy atom. The minimum Gasteiger partial charge on any atom is -0.0620 e. The Hall–Kier alpha value is -4.42. The number of benzene rings is 8. The second kappa shape index (κ2) is 24.3. The summed E-state index contributed by atoms with van der Waals surface area (Å²) < 4.78 is 0. The number of rotatable bonds is 7. The van der Waals surface area contributed by atoms with Gasteiger partial charge in [-0.15, -0.1) is 25.7 Å². The third kappa shape index (κ3) is 11.9. The molecule has 0 spiro atoms. The molecule has 0 amide bonds. The zero-order valence-corrected chi connectivity index (χ0v) is 39.3. The molecule has 7 heteroatoms. The molecule has 306 valence electrons. The molecule has 0 radical (unpaired) electrons. The predicted octanol–water partition coefficient (Wildman–Crippen LogP) is 13.0. The molecule has 1 fully saturated rings. The molecule has 0 aliphatic carbocycles. The van der Waals surface area contributed by atoms with Gasteiger partial charge in [0.1, 0.15) is 31.8 Å². The quantitative estimate of drug-likeness (QED) is 0.112.